The van der Waals surface area contributed by atoms with Crippen molar-refractivity contribution in [1.82, 2.24) is 10.3 Å². The van der Waals surface area contributed by atoms with Crippen LogP contribution in [0.5, 0.6) is 0 Å². The second-order valence-electron chi connectivity index (χ2n) is 6.33. The summed E-state index contributed by atoms with van der Waals surface area (Å²) >= 11 is 0. The van der Waals surface area contributed by atoms with Gasteiger partial charge in [0.15, 0.2) is 0 Å². The summed E-state index contributed by atoms with van der Waals surface area (Å²) in [5.74, 6) is 0.728. The van der Waals surface area contributed by atoms with Crippen LogP contribution in [-0.2, 0) is 11.2 Å². The molecule has 2 aliphatic rings. The average Bonchev–Trinajstić information content (AvgIpc) is 2.46. The molecule has 1 aliphatic carbocycles. The summed E-state index contributed by atoms with van der Waals surface area (Å²) in [6, 6.07) is 6.76. The third-order valence-corrected chi connectivity index (χ3v) is 4.99. The first-order valence-corrected chi connectivity index (χ1v) is 8.08. The van der Waals surface area contributed by atoms with Crippen LogP contribution >= 0.6 is 0 Å². The molecule has 1 saturated carbocycles. The Labute approximate surface area is 122 Å². The van der Waals surface area contributed by atoms with Crippen molar-refractivity contribution in [3.63, 3.8) is 0 Å². The van der Waals surface area contributed by atoms with Gasteiger partial charge in [0.2, 0.25) is 0 Å². The fraction of sp³-hybridized carbons (Fsp3) is 0.706. The molecule has 0 bridgehead atoms. The molecule has 2 fully saturated rings. The summed E-state index contributed by atoms with van der Waals surface area (Å²) in [7, 11) is 0. The van der Waals surface area contributed by atoms with Gasteiger partial charge in [0.1, 0.15) is 0 Å². The molecule has 3 heteroatoms. The first-order chi connectivity index (χ1) is 9.81. The van der Waals surface area contributed by atoms with E-state index in [4.69, 9.17) is 4.74 Å². The second-order valence-corrected chi connectivity index (χ2v) is 6.33. The van der Waals surface area contributed by atoms with Crippen molar-refractivity contribution in [3.8, 4) is 0 Å². The average molecular weight is 274 g/mol. The lowest BCUT2D eigenvalue weighted by Gasteiger charge is -2.49. The van der Waals surface area contributed by atoms with E-state index in [1.54, 1.807) is 0 Å². The Morgan fingerprint density at radius 3 is 3.00 bits per heavy atom. The van der Waals surface area contributed by atoms with E-state index in [9.17, 15) is 0 Å². The highest BCUT2D eigenvalue weighted by Crippen LogP contribution is 2.45. The third-order valence-electron chi connectivity index (χ3n) is 4.99. The fourth-order valence-electron chi connectivity index (χ4n) is 3.74. The highest BCUT2D eigenvalue weighted by atomic mass is 16.5. The Morgan fingerprint density at radius 2 is 2.35 bits per heavy atom. The van der Waals surface area contributed by atoms with Gasteiger partial charge in [-0.1, -0.05) is 13.0 Å². The lowest BCUT2D eigenvalue weighted by atomic mass is 9.70. The van der Waals surface area contributed by atoms with Crippen molar-refractivity contribution in [3.05, 3.63) is 30.1 Å². The normalized spacial score (nSPS) is 26.1. The highest BCUT2D eigenvalue weighted by molar-refractivity contribution is 5.07. The van der Waals surface area contributed by atoms with Crippen LogP contribution < -0.4 is 5.32 Å². The Kier molecular flexibility index (Phi) is 4.37. The summed E-state index contributed by atoms with van der Waals surface area (Å²) in [5, 5.41) is 3.69. The molecule has 1 N–H and O–H groups in total. The molecular weight excluding hydrogens is 248 g/mol. The molecule has 2 unspecified atom stereocenters. The van der Waals surface area contributed by atoms with Gasteiger partial charge in [-0.25, -0.2) is 0 Å². The number of ether oxygens (including phenoxy) is 1. The van der Waals surface area contributed by atoms with Crippen molar-refractivity contribution in [2.45, 2.75) is 57.1 Å². The van der Waals surface area contributed by atoms with Crippen molar-refractivity contribution in [2.75, 3.05) is 13.2 Å². The number of likely N-dealkylation sites (N-methyl/N-ethyl adjacent to an activating group) is 1. The van der Waals surface area contributed by atoms with E-state index in [1.165, 1.54) is 37.8 Å². The van der Waals surface area contributed by atoms with E-state index < -0.39 is 0 Å². The van der Waals surface area contributed by atoms with E-state index in [2.05, 4.69) is 29.4 Å². The SMILES string of the molecule is CCNC(Cc1ccccn1)C1CCOC2(CCC2)C1. The molecule has 0 aromatic carbocycles. The van der Waals surface area contributed by atoms with Gasteiger partial charge in [-0.05, 0) is 56.7 Å². The van der Waals surface area contributed by atoms with Gasteiger partial charge in [0, 0.05) is 31.0 Å². The van der Waals surface area contributed by atoms with E-state index in [-0.39, 0.29) is 5.60 Å². The molecule has 1 aromatic heterocycles. The van der Waals surface area contributed by atoms with E-state index in [0.29, 0.717) is 6.04 Å². The monoisotopic (exact) mass is 274 g/mol. The number of aromatic nitrogens is 1. The van der Waals surface area contributed by atoms with Crippen LogP contribution in [0.25, 0.3) is 0 Å². The topological polar surface area (TPSA) is 34.2 Å². The molecule has 0 amide bonds. The zero-order valence-corrected chi connectivity index (χ0v) is 12.5. The van der Waals surface area contributed by atoms with Gasteiger partial charge in [-0.2, -0.15) is 0 Å². The van der Waals surface area contributed by atoms with E-state index in [1.807, 2.05) is 12.3 Å². The third kappa shape index (κ3) is 3.04. The van der Waals surface area contributed by atoms with Crippen molar-refractivity contribution >= 4 is 0 Å². The number of hydrogen-bond donors (Lipinski definition) is 1. The molecule has 1 aromatic rings. The molecule has 1 saturated heterocycles. The zero-order chi connectivity index (χ0) is 13.8. The molecule has 3 nitrogen and oxygen atoms in total. The molecule has 0 radical (unpaired) electrons. The predicted molar refractivity (Wildman–Crippen MR) is 80.7 cm³/mol. The van der Waals surface area contributed by atoms with Crippen LogP contribution in [0.15, 0.2) is 24.4 Å². The van der Waals surface area contributed by atoms with Crippen LogP contribution in [0, 0.1) is 5.92 Å². The molecule has 3 rings (SSSR count). The first kappa shape index (κ1) is 14.0. The number of rotatable bonds is 5. The largest absolute Gasteiger partial charge is 0.375 e. The maximum atomic E-state index is 6.07. The minimum atomic E-state index is 0.237. The number of nitrogens with zero attached hydrogens (tertiary/aromatic N) is 1. The van der Waals surface area contributed by atoms with Crippen LogP contribution in [-0.4, -0.2) is 29.8 Å². The molecule has 1 spiro atoms. The summed E-state index contributed by atoms with van der Waals surface area (Å²) in [6.07, 6.45) is 9.24. The standard InChI is InChI=1S/C17H26N2O/c1-2-18-16(12-15-6-3-4-10-19-15)14-7-11-20-17(13-14)8-5-9-17/h3-4,6,10,14,16,18H,2,5,7-9,11-13H2,1H3. The maximum absolute atomic E-state index is 6.07. The van der Waals surface area contributed by atoms with Gasteiger partial charge in [-0.15, -0.1) is 0 Å². The molecule has 110 valence electrons. The summed E-state index contributed by atoms with van der Waals surface area (Å²) in [4.78, 5) is 4.49. The van der Waals surface area contributed by atoms with Gasteiger partial charge < -0.3 is 10.1 Å². The molecular formula is C17H26N2O. The Morgan fingerprint density at radius 1 is 1.45 bits per heavy atom. The minimum Gasteiger partial charge on any atom is -0.375 e. The quantitative estimate of drug-likeness (QED) is 0.896. The van der Waals surface area contributed by atoms with E-state index >= 15 is 0 Å². The Bertz CT molecular complexity index is 416. The van der Waals surface area contributed by atoms with E-state index in [0.717, 1.165) is 25.5 Å². The first-order valence-electron chi connectivity index (χ1n) is 8.08. The highest BCUT2D eigenvalue weighted by Gasteiger charge is 2.44. The summed E-state index contributed by atoms with van der Waals surface area (Å²) in [5.41, 5.74) is 1.44. The van der Waals surface area contributed by atoms with Crippen LogP contribution in [0.1, 0.15) is 44.7 Å². The summed E-state index contributed by atoms with van der Waals surface area (Å²) in [6.45, 7) is 4.17. The molecule has 1 aliphatic heterocycles. The van der Waals surface area contributed by atoms with Gasteiger partial charge in [-0.3, -0.25) is 4.98 Å². The summed E-state index contributed by atoms with van der Waals surface area (Å²) < 4.78 is 6.07. The Balaban J connectivity index is 1.66. The molecule has 2 atom stereocenters. The fourth-order valence-corrected chi connectivity index (χ4v) is 3.74. The number of hydrogen-bond acceptors (Lipinski definition) is 3. The molecule has 2 heterocycles. The lowest BCUT2D eigenvalue weighted by molar-refractivity contribution is -0.147. The predicted octanol–water partition coefficient (Wildman–Crippen LogP) is 2.95. The second kappa shape index (κ2) is 6.23. The molecule has 20 heavy (non-hydrogen) atoms. The zero-order valence-electron chi connectivity index (χ0n) is 12.5. The van der Waals surface area contributed by atoms with Gasteiger partial charge in [0.05, 0.1) is 5.60 Å². The van der Waals surface area contributed by atoms with Crippen molar-refractivity contribution in [2.24, 2.45) is 5.92 Å². The van der Waals surface area contributed by atoms with Crippen LogP contribution in [0.3, 0.4) is 0 Å². The Hall–Kier alpha value is -0.930. The van der Waals surface area contributed by atoms with Crippen LogP contribution in [0.4, 0.5) is 0 Å². The number of pyridine rings is 1. The van der Waals surface area contributed by atoms with Crippen LogP contribution in [0.2, 0.25) is 0 Å². The van der Waals surface area contributed by atoms with Crippen molar-refractivity contribution < 1.29 is 4.74 Å². The lowest BCUT2D eigenvalue weighted by Crippen LogP contribution is -2.50. The maximum Gasteiger partial charge on any atom is 0.0685 e. The minimum absolute atomic E-state index is 0.237. The van der Waals surface area contributed by atoms with Crippen molar-refractivity contribution in [1.29, 1.82) is 0 Å². The van der Waals surface area contributed by atoms with Gasteiger partial charge >= 0.3 is 0 Å². The number of nitrogens with one attached hydrogen (secondary N) is 1. The smallest absolute Gasteiger partial charge is 0.0685 e. The van der Waals surface area contributed by atoms with Gasteiger partial charge in [0.25, 0.3) is 0 Å².